The van der Waals surface area contributed by atoms with Gasteiger partial charge >= 0.3 is 0 Å². The van der Waals surface area contributed by atoms with Crippen LogP contribution in [0.1, 0.15) is 25.6 Å². The molecule has 0 saturated heterocycles. The first-order chi connectivity index (χ1) is 8.63. The molecule has 0 amide bonds. The molecular weight excluding hydrogens is 229 g/mol. The van der Waals surface area contributed by atoms with E-state index >= 15 is 0 Å². The first kappa shape index (κ1) is 12.8. The molecule has 3 nitrogen and oxygen atoms in total. The van der Waals surface area contributed by atoms with Crippen molar-refractivity contribution in [3.05, 3.63) is 41.8 Å². The fourth-order valence-corrected chi connectivity index (χ4v) is 1.98. The van der Waals surface area contributed by atoms with Crippen LogP contribution in [0.2, 0.25) is 0 Å². The van der Waals surface area contributed by atoms with Gasteiger partial charge in [-0.3, -0.25) is 4.68 Å². The summed E-state index contributed by atoms with van der Waals surface area (Å²) < 4.78 is 15.7. The molecule has 1 aromatic carbocycles. The van der Waals surface area contributed by atoms with E-state index in [0.29, 0.717) is 18.5 Å². The molecule has 0 fully saturated rings. The van der Waals surface area contributed by atoms with E-state index in [4.69, 9.17) is 5.73 Å². The van der Waals surface area contributed by atoms with E-state index in [1.807, 2.05) is 30.7 Å². The molecular formula is C14H18FN3. The van der Waals surface area contributed by atoms with Crippen molar-refractivity contribution in [2.45, 2.75) is 26.3 Å². The van der Waals surface area contributed by atoms with Crippen LogP contribution in [0, 0.1) is 5.82 Å². The summed E-state index contributed by atoms with van der Waals surface area (Å²) >= 11 is 0. The summed E-state index contributed by atoms with van der Waals surface area (Å²) in [5.74, 6) is -0.224. The Morgan fingerprint density at radius 3 is 2.67 bits per heavy atom. The maximum atomic E-state index is 13.8. The van der Waals surface area contributed by atoms with E-state index in [-0.39, 0.29) is 11.9 Å². The minimum atomic E-state index is -0.224. The van der Waals surface area contributed by atoms with Crippen molar-refractivity contribution in [1.82, 2.24) is 9.78 Å². The Morgan fingerprint density at radius 1 is 1.33 bits per heavy atom. The zero-order valence-corrected chi connectivity index (χ0v) is 10.7. The predicted octanol–water partition coefficient (Wildman–Crippen LogP) is 2.77. The van der Waals surface area contributed by atoms with Gasteiger partial charge in [0.25, 0.3) is 0 Å². The van der Waals surface area contributed by atoms with E-state index in [1.54, 1.807) is 12.1 Å². The lowest BCUT2D eigenvalue weighted by atomic mass is 10.1. The van der Waals surface area contributed by atoms with Gasteiger partial charge in [0.05, 0.1) is 11.4 Å². The molecule has 0 spiro atoms. The molecule has 0 aliphatic heterocycles. The third-order valence-electron chi connectivity index (χ3n) is 2.83. The number of hydrogen-bond acceptors (Lipinski definition) is 2. The standard InChI is InChI=1S/C14H18FN3/c1-10(2)18-14(9-11(17-18)7-8-16)12-5-3-4-6-13(12)15/h3-6,9-10H,7-8,16H2,1-2H3. The van der Waals surface area contributed by atoms with Crippen molar-refractivity contribution in [3.63, 3.8) is 0 Å². The third-order valence-corrected chi connectivity index (χ3v) is 2.83. The first-order valence-corrected chi connectivity index (χ1v) is 6.17. The summed E-state index contributed by atoms with van der Waals surface area (Å²) in [7, 11) is 0. The maximum absolute atomic E-state index is 13.8. The average molecular weight is 247 g/mol. The number of aromatic nitrogens is 2. The van der Waals surface area contributed by atoms with Gasteiger partial charge in [-0.1, -0.05) is 12.1 Å². The zero-order chi connectivity index (χ0) is 13.1. The lowest BCUT2D eigenvalue weighted by molar-refractivity contribution is 0.529. The Morgan fingerprint density at radius 2 is 2.06 bits per heavy atom. The van der Waals surface area contributed by atoms with Crippen LogP contribution in [-0.4, -0.2) is 16.3 Å². The second-order valence-corrected chi connectivity index (χ2v) is 4.58. The number of benzene rings is 1. The number of nitrogens with two attached hydrogens (primary N) is 1. The van der Waals surface area contributed by atoms with Gasteiger partial charge in [0.15, 0.2) is 0 Å². The van der Waals surface area contributed by atoms with E-state index in [9.17, 15) is 4.39 Å². The van der Waals surface area contributed by atoms with E-state index in [2.05, 4.69) is 5.10 Å². The molecule has 2 aromatic rings. The average Bonchev–Trinajstić information content (AvgIpc) is 2.74. The normalized spacial score (nSPS) is 11.2. The molecule has 2 N–H and O–H groups in total. The highest BCUT2D eigenvalue weighted by atomic mass is 19.1. The van der Waals surface area contributed by atoms with Crippen LogP contribution in [0.25, 0.3) is 11.3 Å². The van der Waals surface area contributed by atoms with Crippen LogP contribution >= 0.6 is 0 Å². The molecule has 0 bridgehead atoms. The van der Waals surface area contributed by atoms with Gasteiger partial charge in [-0.25, -0.2) is 4.39 Å². The van der Waals surface area contributed by atoms with Crippen LogP contribution in [0.3, 0.4) is 0 Å². The van der Waals surface area contributed by atoms with Crippen LogP contribution in [-0.2, 0) is 6.42 Å². The second-order valence-electron chi connectivity index (χ2n) is 4.58. The van der Waals surface area contributed by atoms with Gasteiger partial charge in [0.1, 0.15) is 5.82 Å². The summed E-state index contributed by atoms with van der Waals surface area (Å²) in [5, 5.41) is 4.49. The SMILES string of the molecule is CC(C)n1nc(CCN)cc1-c1ccccc1F. The fraction of sp³-hybridized carbons (Fsp3) is 0.357. The van der Waals surface area contributed by atoms with Crippen molar-refractivity contribution in [3.8, 4) is 11.3 Å². The number of rotatable bonds is 4. The summed E-state index contributed by atoms with van der Waals surface area (Å²) in [6.07, 6.45) is 0.709. The zero-order valence-electron chi connectivity index (χ0n) is 10.7. The van der Waals surface area contributed by atoms with Crippen LogP contribution in [0.5, 0.6) is 0 Å². The van der Waals surface area contributed by atoms with E-state index in [0.717, 1.165) is 11.4 Å². The first-order valence-electron chi connectivity index (χ1n) is 6.17. The molecule has 96 valence electrons. The molecule has 0 radical (unpaired) electrons. The summed E-state index contributed by atoms with van der Waals surface area (Å²) in [6, 6.07) is 8.87. The minimum Gasteiger partial charge on any atom is -0.330 e. The summed E-state index contributed by atoms with van der Waals surface area (Å²) in [5.41, 5.74) is 7.84. The molecule has 0 unspecified atom stereocenters. The monoisotopic (exact) mass is 247 g/mol. The lowest BCUT2D eigenvalue weighted by Gasteiger charge is -2.11. The Labute approximate surface area is 106 Å². The molecule has 0 saturated carbocycles. The molecule has 18 heavy (non-hydrogen) atoms. The van der Waals surface area contributed by atoms with Gasteiger partial charge in [-0.15, -0.1) is 0 Å². The van der Waals surface area contributed by atoms with Crippen molar-refractivity contribution in [1.29, 1.82) is 0 Å². The van der Waals surface area contributed by atoms with Gasteiger partial charge in [-0.05, 0) is 38.6 Å². The van der Waals surface area contributed by atoms with Crippen molar-refractivity contribution in [2.24, 2.45) is 5.73 Å². The molecule has 0 aliphatic carbocycles. The molecule has 0 atom stereocenters. The second kappa shape index (κ2) is 5.31. The molecule has 4 heteroatoms. The van der Waals surface area contributed by atoms with Crippen LogP contribution in [0.4, 0.5) is 4.39 Å². The van der Waals surface area contributed by atoms with E-state index < -0.39 is 0 Å². The highest BCUT2D eigenvalue weighted by Gasteiger charge is 2.14. The largest absolute Gasteiger partial charge is 0.330 e. The van der Waals surface area contributed by atoms with Crippen LogP contribution < -0.4 is 5.73 Å². The molecule has 1 aromatic heterocycles. The Hall–Kier alpha value is -1.68. The Bertz CT molecular complexity index is 532. The number of halogens is 1. The molecule has 1 heterocycles. The van der Waals surface area contributed by atoms with Crippen molar-refractivity contribution in [2.75, 3.05) is 6.54 Å². The highest BCUT2D eigenvalue weighted by molar-refractivity contribution is 5.61. The highest BCUT2D eigenvalue weighted by Crippen LogP contribution is 2.26. The third kappa shape index (κ3) is 2.43. The smallest absolute Gasteiger partial charge is 0.132 e. The number of nitrogens with zero attached hydrogens (tertiary/aromatic N) is 2. The van der Waals surface area contributed by atoms with Crippen molar-refractivity contribution >= 4 is 0 Å². The number of hydrogen-bond donors (Lipinski definition) is 1. The molecule has 0 aliphatic rings. The summed E-state index contributed by atoms with van der Waals surface area (Å²) in [4.78, 5) is 0. The maximum Gasteiger partial charge on any atom is 0.132 e. The predicted molar refractivity (Wildman–Crippen MR) is 70.8 cm³/mol. The topological polar surface area (TPSA) is 43.8 Å². The van der Waals surface area contributed by atoms with Crippen molar-refractivity contribution < 1.29 is 4.39 Å². The fourth-order valence-electron chi connectivity index (χ4n) is 1.98. The van der Waals surface area contributed by atoms with Gasteiger partial charge in [0, 0.05) is 18.0 Å². The summed E-state index contributed by atoms with van der Waals surface area (Å²) in [6.45, 7) is 4.61. The molecule has 2 rings (SSSR count). The lowest BCUT2D eigenvalue weighted by Crippen LogP contribution is -2.07. The van der Waals surface area contributed by atoms with Crippen LogP contribution in [0.15, 0.2) is 30.3 Å². The van der Waals surface area contributed by atoms with Gasteiger partial charge in [0.2, 0.25) is 0 Å². The Balaban J connectivity index is 2.52. The quantitative estimate of drug-likeness (QED) is 0.902. The van der Waals surface area contributed by atoms with E-state index in [1.165, 1.54) is 6.07 Å². The van der Waals surface area contributed by atoms with Gasteiger partial charge < -0.3 is 5.73 Å². The van der Waals surface area contributed by atoms with Gasteiger partial charge in [-0.2, -0.15) is 5.10 Å². The minimum absolute atomic E-state index is 0.186. The Kier molecular flexibility index (Phi) is 3.77.